The summed E-state index contributed by atoms with van der Waals surface area (Å²) < 4.78 is 15.5. The van der Waals surface area contributed by atoms with Crippen molar-refractivity contribution in [2.75, 3.05) is 53.7 Å². The fraction of sp³-hybridized carbons (Fsp3) is 0.818. The molecule has 0 saturated carbocycles. The Labute approximate surface area is 92.6 Å². The average molecular weight is 217 g/mol. The van der Waals surface area contributed by atoms with Gasteiger partial charge in [-0.2, -0.15) is 0 Å². The zero-order valence-corrected chi connectivity index (χ0v) is 9.88. The van der Waals surface area contributed by atoms with Crippen LogP contribution in [-0.4, -0.2) is 53.7 Å². The lowest BCUT2D eigenvalue weighted by atomic mass is 10.3. The first kappa shape index (κ1) is 14.6. The summed E-state index contributed by atoms with van der Waals surface area (Å²) in [5, 5.41) is 3.02. The van der Waals surface area contributed by atoms with Crippen molar-refractivity contribution < 1.29 is 14.2 Å². The molecule has 0 aliphatic carbocycles. The van der Waals surface area contributed by atoms with Gasteiger partial charge in [0.1, 0.15) is 0 Å². The van der Waals surface area contributed by atoms with Crippen LogP contribution in [0.3, 0.4) is 0 Å². The number of likely N-dealkylation sites (N-methyl/N-ethyl adjacent to an activating group) is 1. The van der Waals surface area contributed by atoms with Gasteiger partial charge in [-0.15, -0.1) is 0 Å². The summed E-state index contributed by atoms with van der Waals surface area (Å²) in [5.41, 5.74) is 1.07. The zero-order chi connectivity index (χ0) is 11.4. The van der Waals surface area contributed by atoms with E-state index in [-0.39, 0.29) is 0 Å². The lowest BCUT2D eigenvalue weighted by molar-refractivity contribution is 0.0544. The van der Waals surface area contributed by atoms with Crippen molar-refractivity contribution in [3.05, 3.63) is 12.2 Å². The summed E-state index contributed by atoms with van der Waals surface area (Å²) in [6.45, 7) is 8.05. The Bertz CT molecular complexity index is 151. The second-order valence-corrected chi connectivity index (χ2v) is 3.29. The van der Waals surface area contributed by atoms with Crippen LogP contribution in [0.5, 0.6) is 0 Å². The Morgan fingerprint density at radius 2 is 1.87 bits per heavy atom. The highest BCUT2D eigenvalue weighted by Crippen LogP contribution is 1.91. The monoisotopic (exact) mass is 217 g/mol. The van der Waals surface area contributed by atoms with Gasteiger partial charge >= 0.3 is 0 Å². The van der Waals surface area contributed by atoms with Gasteiger partial charge in [0, 0.05) is 26.9 Å². The molecule has 4 nitrogen and oxygen atoms in total. The minimum absolute atomic E-state index is 0.624. The molecule has 0 saturated heterocycles. The minimum atomic E-state index is 0.624. The molecular formula is C11H23NO3. The van der Waals surface area contributed by atoms with Crippen molar-refractivity contribution in [3.8, 4) is 0 Å². The normalized spacial score (nSPS) is 10.5. The molecule has 0 rings (SSSR count). The van der Waals surface area contributed by atoms with Gasteiger partial charge in [0.2, 0.25) is 0 Å². The highest BCUT2D eigenvalue weighted by molar-refractivity contribution is 4.96. The largest absolute Gasteiger partial charge is 0.382 e. The fourth-order valence-corrected chi connectivity index (χ4v) is 1.02. The van der Waals surface area contributed by atoms with Crippen LogP contribution in [0.2, 0.25) is 0 Å². The maximum absolute atomic E-state index is 5.40. The summed E-state index contributed by atoms with van der Waals surface area (Å²) in [5.74, 6) is 0. The van der Waals surface area contributed by atoms with Gasteiger partial charge < -0.3 is 19.5 Å². The molecule has 0 aromatic carbocycles. The van der Waals surface area contributed by atoms with Gasteiger partial charge in [-0.1, -0.05) is 6.58 Å². The predicted octanol–water partition coefficient (Wildman–Crippen LogP) is 0.832. The maximum Gasteiger partial charge on any atom is 0.0700 e. The van der Waals surface area contributed by atoms with Crippen molar-refractivity contribution in [1.82, 2.24) is 5.32 Å². The van der Waals surface area contributed by atoms with Crippen LogP contribution in [-0.2, 0) is 14.2 Å². The Balaban J connectivity index is 3.01. The first-order valence-electron chi connectivity index (χ1n) is 5.27. The van der Waals surface area contributed by atoms with E-state index in [1.165, 1.54) is 0 Å². The smallest absolute Gasteiger partial charge is 0.0700 e. The molecule has 1 N–H and O–H groups in total. The molecule has 15 heavy (non-hydrogen) atoms. The van der Waals surface area contributed by atoms with E-state index >= 15 is 0 Å². The summed E-state index contributed by atoms with van der Waals surface area (Å²) >= 11 is 0. The van der Waals surface area contributed by atoms with E-state index in [1.54, 1.807) is 7.11 Å². The Morgan fingerprint density at radius 3 is 2.53 bits per heavy atom. The van der Waals surface area contributed by atoms with E-state index in [9.17, 15) is 0 Å². The van der Waals surface area contributed by atoms with Crippen molar-refractivity contribution in [3.63, 3.8) is 0 Å². The number of hydrogen-bond acceptors (Lipinski definition) is 4. The first-order valence-corrected chi connectivity index (χ1v) is 5.27. The molecule has 0 aromatic rings. The number of ether oxygens (including phenoxy) is 3. The molecule has 0 aliphatic heterocycles. The van der Waals surface area contributed by atoms with Crippen LogP contribution < -0.4 is 5.32 Å². The second kappa shape index (κ2) is 11.7. The van der Waals surface area contributed by atoms with E-state index in [2.05, 4.69) is 11.9 Å². The van der Waals surface area contributed by atoms with E-state index in [1.807, 2.05) is 7.05 Å². The van der Waals surface area contributed by atoms with Crippen LogP contribution in [0.4, 0.5) is 0 Å². The molecule has 0 bridgehead atoms. The van der Waals surface area contributed by atoms with E-state index in [4.69, 9.17) is 14.2 Å². The van der Waals surface area contributed by atoms with Gasteiger partial charge in [0.25, 0.3) is 0 Å². The fourth-order valence-electron chi connectivity index (χ4n) is 1.02. The van der Waals surface area contributed by atoms with Gasteiger partial charge in [0.15, 0.2) is 0 Å². The molecule has 0 spiro atoms. The molecule has 0 fully saturated rings. The minimum Gasteiger partial charge on any atom is -0.382 e. The molecular weight excluding hydrogens is 194 g/mol. The van der Waals surface area contributed by atoms with Crippen LogP contribution in [0.25, 0.3) is 0 Å². The van der Waals surface area contributed by atoms with Crippen LogP contribution >= 0.6 is 0 Å². The molecule has 90 valence electrons. The molecule has 0 aliphatic rings. The van der Waals surface area contributed by atoms with Crippen LogP contribution in [0, 0.1) is 0 Å². The highest BCUT2D eigenvalue weighted by Gasteiger charge is 1.93. The summed E-state index contributed by atoms with van der Waals surface area (Å²) in [6, 6.07) is 0. The predicted molar refractivity (Wildman–Crippen MR) is 61.2 cm³/mol. The zero-order valence-electron chi connectivity index (χ0n) is 9.88. The summed E-state index contributed by atoms with van der Waals surface area (Å²) in [6.07, 6.45) is 0.913. The van der Waals surface area contributed by atoms with Gasteiger partial charge in [-0.25, -0.2) is 0 Å². The van der Waals surface area contributed by atoms with Gasteiger partial charge in [-0.3, -0.25) is 0 Å². The van der Waals surface area contributed by atoms with Crippen molar-refractivity contribution >= 4 is 0 Å². The average Bonchev–Trinajstić information content (AvgIpc) is 2.22. The molecule has 0 heterocycles. The second-order valence-electron chi connectivity index (χ2n) is 3.29. The van der Waals surface area contributed by atoms with E-state index in [0.717, 1.165) is 31.8 Å². The Kier molecular flexibility index (Phi) is 11.3. The van der Waals surface area contributed by atoms with Gasteiger partial charge in [0.05, 0.1) is 19.8 Å². The number of hydrogen-bond donors (Lipinski definition) is 1. The third-order valence-corrected chi connectivity index (χ3v) is 1.74. The topological polar surface area (TPSA) is 39.7 Å². The third-order valence-electron chi connectivity index (χ3n) is 1.74. The Hall–Kier alpha value is -0.420. The first-order chi connectivity index (χ1) is 7.31. The molecule has 0 radical (unpaired) electrons. The van der Waals surface area contributed by atoms with Crippen molar-refractivity contribution in [2.45, 2.75) is 6.42 Å². The standard InChI is InChI=1S/C11H23NO3/c1-11(9-12-2)10-15-6-4-5-14-8-7-13-3/h12H,1,4-10H2,2-3H3. The van der Waals surface area contributed by atoms with Crippen LogP contribution in [0.1, 0.15) is 6.42 Å². The SMILES string of the molecule is C=C(CNC)COCCCOCCOC. The summed E-state index contributed by atoms with van der Waals surface area (Å²) in [4.78, 5) is 0. The van der Waals surface area contributed by atoms with E-state index < -0.39 is 0 Å². The van der Waals surface area contributed by atoms with Crippen molar-refractivity contribution in [1.29, 1.82) is 0 Å². The quantitative estimate of drug-likeness (QED) is 0.411. The van der Waals surface area contributed by atoms with Crippen molar-refractivity contribution in [2.24, 2.45) is 0 Å². The lowest BCUT2D eigenvalue weighted by Gasteiger charge is -2.07. The molecule has 0 amide bonds. The van der Waals surface area contributed by atoms with E-state index in [0.29, 0.717) is 19.8 Å². The lowest BCUT2D eigenvalue weighted by Crippen LogP contribution is -2.14. The molecule has 0 atom stereocenters. The molecule has 0 unspecified atom stereocenters. The number of nitrogens with one attached hydrogen (secondary N) is 1. The Morgan fingerprint density at radius 1 is 1.13 bits per heavy atom. The summed E-state index contributed by atoms with van der Waals surface area (Å²) in [7, 11) is 3.56. The van der Waals surface area contributed by atoms with Crippen LogP contribution in [0.15, 0.2) is 12.2 Å². The maximum atomic E-state index is 5.40. The molecule has 4 heteroatoms. The van der Waals surface area contributed by atoms with Gasteiger partial charge in [-0.05, 0) is 19.0 Å². The molecule has 0 aromatic heterocycles. The highest BCUT2D eigenvalue weighted by atomic mass is 16.5. The number of rotatable bonds is 11. The third kappa shape index (κ3) is 11.5. The number of methoxy groups -OCH3 is 1.